The van der Waals surface area contributed by atoms with Crippen molar-refractivity contribution in [2.45, 2.75) is 19.8 Å². The van der Waals surface area contributed by atoms with E-state index in [1.165, 1.54) is 0 Å². The van der Waals surface area contributed by atoms with E-state index in [0.29, 0.717) is 12.3 Å². The van der Waals surface area contributed by atoms with Crippen LogP contribution in [0.15, 0.2) is 16.6 Å². The lowest BCUT2D eigenvalue weighted by atomic mass is 10.1. The molecule has 1 rings (SSSR count). The first-order valence-corrected chi connectivity index (χ1v) is 5.12. The van der Waals surface area contributed by atoms with Crippen LogP contribution in [-0.4, -0.2) is 11.7 Å². The highest BCUT2D eigenvalue weighted by Gasteiger charge is 2.05. The highest BCUT2D eigenvalue weighted by Crippen LogP contribution is 2.29. The highest BCUT2D eigenvalue weighted by molar-refractivity contribution is 9.10. The second-order valence-electron chi connectivity index (χ2n) is 3.15. The first-order chi connectivity index (χ1) is 6.15. The molecule has 0 heterocycles. The van der Waals surface area contributed by atoms with E-state index >= 15 is 0 Å². The zero-order valence-electron chi connectivity index (χ0n) is 7.68. The van der Waals surface area contributed by atoms with Gasteiger partial charge in [-0.05, 0) is 59.4 Å². The molecule has 13 heavy (non-hydrogen) atoms. The van der Waals surface area contributed by atoms with Crippen molar-refractivity contribution >= 4 is 15.9 Å². The molecule has 0 saturated heterocycles. The number of hydrogen-bond acceptors (Lipinski definition) is 2. The smallest absolute Gasteiger partial charge is 0.132 e. The zero-order valence-corrected chi connectivity index (χ0v) is 9.26. The molecule has 0 atom stereocenters. The topological polar surface area (TPSA) is 46.2 Å². The van der Waals surface area contributed by atoms with Crippen molar-refractivity contribution in [3.8, 4) is 5.75 Å². The van der Waals surface area contributed by atoms with Gasteiger partial charge in [-0.1, -0.05) is 6.07 Å². The number of phenols is 1. The van der Waals surface area contributed by atoms with Crippen molar-refractivity contribution in [3.63, 3.8) is 0 Å². The molecule has 72 valence electrons. The molecule has 0 amide bonds. The number of rotatable bonds is 3. The molecule has 0 aliphatic carbocycles. The molecule has 0 aromatic heterocycles. The van der Waals surface area contributed by atoms with E-state index < -0.39 is 0 Å². The summed E-state index contributed by atoms with van der Waals surface area (Å²) < 4.78 is 0.763. The van der Waals surface area contributed by atoms with E-state index in [0.717, 1.165) is 28.4 Å². The SMILES string of the molecule is Cc1cc(Br)c(O)c(CCCN)c1. The van der Waals surface area contributed by atoms with Crippen molar-refractivity contribution in [3.05, 3.63) is 27.7 Å². The Labute approximate surface area is 86.9 Å². The third-order valence-corrected chi connectivity index (χ3v) is 2.54. The molecular formula is C10H14BrNO. The first kappa shape index (κ1) is 10.5. The Balaban J connectivity index is 2.92. The van der Waals surface area contributed by atoms with Crippen molar-refractivity contribution in [2.24, 2.45) is 5.73 Å². The molecule has 0 fully saturated rings. The molecule has 2 nitrogen and oxygen atoms in total. The van der Waals surface area contributed by atoms with Crippen LogP contribution >= 0.6 is 15.9 Å². The summed E-state index contributed by atoms with van der Waals surface area (Å²) in [5.74, 6) is 0.346. The van der Waals surface area contributed by atoms with Crippen molar-refractivity contribution in [1.29, 1.82) is 0 Å². The van der Waals surface area contributed by atoms with E-state index in [4.69, 9.17) is 5.73 Å². The molecule has 0 aliphatic rings. The first-order valence-electron chi connectivity index (χ1n) is 4.33. The van der Waals surface area contributed by atoms with Crippen molar-refractivity contribution < 1.29 is 5.11 Å². The van der Waals surface area contributed by atoms with E-state index in [9.17, 15) is 5.11 Å². The van der Waals surface area contributed by atoms with Crippen LogP contribution in [0.1, 0.15) is 17.5 Å². The minimum Gasteiger partial charge on any atom is -0.506 e. The fourth-order valence-electron chi connectivity index (χ4n) is 1.29. The van der Waals surface area contributed by atoms with Gasteiger partial charge in [0.25, 0.3) is 0 Å². The Morgan fingerprint density at radius 1 is 1.46 bits per heavy atom. The summed E-state index contributed by atoms with van der Waals surface area (Å²) in [5, 5.41) is 9.66. The maximum absolute atomic E-state index is 9.66. The van der Waals surface area contributed by atoms with Gasteiger partial charge in [0, 0.05) is 0 Å². The lowest BCUT2D eigenvalue weighted by Crippen LogP contribution is -2.00. The van der Waals surface area contributed by atoms with Crippen LogP contribution in [0, 0.1) is 6.92 Å². The summed E-state index contributed by atoms with van der Waals surface area (Å²) in [4.78, 5) is 0. The molecule has 0 saturated carbocycles. The summed E-state index contributed by atoms with van der Waals surface area (Å²) in [6.07, 6.45) is 1.74. The number of aromatic hydroxyl groups is 1. The second-order valence-corrected chi connectivity index (χ2v) is 4.00. The van der Waals surface area contributed by atoms with Crippen LogP contribution in [0.5, 0.6) is 5.75 Å². The lowest BCUT2D eigenvalue weighted by molar-refractivity contribution is 0.463. The molecule has 0 unspecified atom stereocenters. The quantitative estimate of drug-likeness (QED) is 0.857. The summed E-state index contributed by atoms with van der Waals surface area (Å²) in [6, 6.07) is 3.90. The maximum atomic E-state index is 9.66. The number of nitrogens with two attached hydrogens (primary N) is 1. The molecule has 0 aliphatic heterocycles. The van der Waals surface area contributed by atoms with Crippen molar-refractivity contribution in [1.82, 2.24) is 0 Å². The molecule has 0 bridgehead atoms. The van der Waals surface area contributed by atoms with E-state index in [1.54, 1.807) is 0 Å². The fraction of sp³-hybridized carbons (Fsp3) is 0.400. The number of halogens is 1. The molecular weight excluding hydrogens is 230 g/mol. The Kier molecular flexibility index (Phi) is 3.75. The molecule has 3 heteroatoms. The third-order valence-electron chi connectivity index (χ3n) is 1.94. The Morgan fingerprint density at radius 3 is 2.77 bits per heavy atom. The highest BCUT2D eigenvalue weighted by atomic mass is 79.9. The Hall–Kier alpha value is -0.540. The van der Waals surface area contributed by atoms with E-state index in [2.05, 4.69) is 15.9 Å². The standard InChI is InChI=1S/C10H14BrNO/c1-7-5-8(3-2-4-12)10(13)9(11)6-7/h5-6,13H,2-4,12H2,1H3. The van der Waals surface area contributed by atoms with Crippen LogP contribution in [0.3, 0.4) is 0 Å². The Morgan fingerprint density at radius 2 is 2.15 bits per heavy atom. The number of benzene rings is 1. The second kappa shape index (κ2) is 4.63. The fourth-order valence-corrected chi connectivity index (χ4v) is 1.91. The molecule has 0 spiro atoms. The van der Waals surface area contributed by atoms with Crippen LogP contribution in [0.25, 0.3) is 0 Å². The van der Waals surface area contributed by atoms with E-state index in [1.807, 2.05) is 19.1 Å². The average Bonchev–Trinajstić information content (AvgIpc) is 2.09. The van der Waals surface area contributed by atoms with Crippen LogP contribution in [0.2, 0.25) is 0 Å². The summed E-state index contributed by atoms with van der Waals surface area (Å²) in [5.41, 5.74) is 7.53. The van der Waals surface area contributed by atoms with Crippen molar-refractivity contribution in [2.75, 3.05) is 6.54 Å². The van der Waals surface area contributed by atoms with Crippen LogP contribution in [-0.2, 0) is 6.42 Å². The molecule has 1 aromatic rings. The summed E-state index contributed by atoms with van der Waals surface area (Å²) in [6.45, 7) is 2.67. The summed E-state index contributed by atoms with van der Waals surface area (Å²) >= 11 is 3.31. The third kappa shape index (κ3) is 2.71. The van der Waals surface area contributed by atoms with Gasteiger partial charge in [-0.15, -0.1) is 0 Å². The average molecular weight is 244 g/mol. The van der Waals surface area contributed by atoms with Gasteiger partial charge in [0.05, 0.1) is 4.47 Å². The van der Waals surface area contributed by atoms with Gasteiger partial charge in [-0.25, -0.2) is 0 Å². The van der Waals surface area contributed by atoms with Gasteiger partial charge in [-0.3, -0.25) is 0 Å². The Bertz CT molecular complexity index is 299. The van der Waals surface area contributed by atoms with Gasteiger partial charge < -0.3 is 10.8 Å². The van der Waals surface area contributed by atoms with Gasteiger partial charge in [0.2, 0.25) is 0 Å². The molecule has 3 N–H and O–H groups in total. The number of aryl methyl sites for hydroxylation is 2. The monoisotopic (exact) mass is 243 g/mol. The van der Waals surface area contributed by atoms with Gasteiger partial charge in [0.1, 0.15) is 5.75 Å². The van der Waals surface area contributed by atoms with Gasteiger partial charge >= 0.3 is 0 Å². The number of phenolic OH excluding ortho intramolecular Hbond substituents is 1. The molecule has 0 radical (unpaired) electrons. The predicted octanol–water partition coefficient (Wildman–Crippen LogP) is 2.35. The van der Waals surface area contributed by atoms with Crippen LogP contribution < -0.4 is 5.73 Å². The minimum atomic E-state index is 0.346. The normalized spacial score (nSPS) is 10.4. The van der Waals surface area contributed by atoms with Gasteiger partial charge in [-0.2, -0.15) is 0 Å². The number of hydrogen-bond donors (Lipinski definition) is 2. The van der Waals surface area contributed by atoms with E-state index in [-0.39, 0.29) is 0 Å². The van der Waals surface area contributed by atoms with Gasteiger partial charge in [0.15, 0.2) is 0 Å². The summed E-state index contributed by atoms with van der Waals surface area (Å²) in [7, 11) is 0. The lowest BCUT2D eigenvalue weighted by Gasteiger charge is -2.07. The maximum Gasteiger partial charge on any atom is 0.132 e. The largest absolute Gasteiger partial charge is 0.506 e. The predicted molar refractivity (Wildman–Crippen MR) is 57.9 cm³/mol. The molecule has 1 aromatic carbocycles. The van der Waals surface area contributed by atoms with Crippen LogP contribution in [0.4, 0.5) is 0 Å². The zero-order chi connectivity index (χ0) is 9.84. The minimum absolute atomic E-state index is 0.346.